The van der Waals surface area contributed by atoms with Gasteiger partial charge in [-0.2, -0.15) is 0 Å². The number of amides is 1. The van der Waals surface area contributed by atoms with Crippen LogP contribution in [0.25, 0.3) is 0 Å². The van der Waals surface area contributed by atoms with Crippen LogP contribution in [0.3, 0.4) is 0 Å². The Balaban J connectivity index is 1.25. The third kappa shape index (κ3) is 20.4. The lowest BCUT2D eigenvalue weighted by Crippen LogP contribution is -2.67. The van der Waals surface area contributed by atoms with E-state index in [-0.39, 0.29) is 85.7 Å². The van der Waals surface area contributed by atoms with E-state index in [1.54, 1.807) is 78.3 Å². The van der Waals surface area contributed by atoms with Crippen molar-refractivity contribution in [2.75, 3.05) is 61.6 Å². The summed E-state index contributed by atoms with van der Waals surface area (Å²) < 4.78 is 23.2. The molecule has 1 amide bonds. The van der Waals surface area contributed by atoms with Crippen LogP contribution in [-0.4, -0.2) is 196 Å². The summed E-state index contributed by atoms with van der Waals surface area (Å²) in [6, 6.07) is 26.9. The molecule has 4 aromatic rings. The standard InChI is InChI=1S/C85H118N6O14/c1-56(2)50-65-74(96)82(7,8)87(15)47-28-27-40-71(94)104-55-80(3,4)77(99)78(100)90-48-29-26-38-64(90)79(101)105-67(44-41-58-42-45-68(102-18)69(54-58)103-19)61-37-30-34-59(51-61)52-62(92)43-46-70(93)81(5,6)86-72(60-35-24-21-25-36-60)76(98)84(11,12)89(17)66(53-57-32-22-20-23-33-57)75(97)85(13,14)91-49-31-39-63(91)73(95)83(9,10)88(65)16/h20-25,27,30,32-37,40,42,45,51,54,56,63-67,72,86H,26,28-29,31,38-39,41,43-44,46-50,52-53,55H2,1-19H3/t63?,64?,65-,66-,67+,72-/m0/s1. The average Bonchev–Trinajstić information content (AvgIpc) is 1.75. The molecule has 4 aromatic carbocycles. The van der Waals surface area contributed by atoms with Crippen molar-refractivity contribution in [2.24, 2.45) is 11.3 Å². The SMILES string of the molecule is COc1ccc(CC[C@H]2OC(=O)C3CCCCN3C(=O)C(=O)C(C)(C)COC(=O)C=CCCN(C)C(C)(C)C(=O)[C@H](CC(C)C)N(C)C(C)(C)C(=O)C3CCCN3C(C)(C)C(=O)[C@H](Cc3ccccc3)N(C)C(C)(C)C(=O)[C@H](c3ccccc3)NC(C)(C)C(=O)CCC(=O)Cc3cccc2c3)cc1OC. The second kappa shape index (κ2) is 35.7. The third-order valence-corrected chi connectivity index (χ3v) is 22.6. The minimum absolute atomic E-state index is 0.0550. The van der Waals surface area contributed by atoms with Crippen molar-refractivity contribution in [3.8, 4) is 11.5 Å². The number of benzene rings is 4. The number of likely N-dealkylation sites (N-methyl/N-ethyl adjacent to an activating group) is 3. The highest BCUT2D eigenvalue weighted by Gasteiger charge is 2.54. The van der Waals surface area contributed by atoms with E-state index in [4.69, 9.17) is 18.9 Å². The number of esters is 2. The van der Waals surface area contributed by atoms with Gasteiger partial charge in [-0.15, -0.1) is 0 Å². The van der Waals surface area contributed by atoms with Gasteiger partial charge in [0.25, 0.3) is 5.91 Å². The first-order chi connectivity index (χ1) is 49.2. The quantitative estimate of drug-likeness (QED) is 0.115. The fourth-order valence-electron chi connectivity index (χ4n) is 14.8. The number of piperidine rings is 1. The largest absolute Gasteiger partial charge is 0.493 e. The molecule has 0 saturated carbocycles. The smallest absolute Gasteiger partial charge is 0.330 e. The lowest BCUT2D eigenvalue weighted by atomic mass is 9.80. The van der Waals surface area contributed by atoms with E-state index in [1.807, 2.05) is 162 Å². The molecule has 2 fully saturated rings. The zero-order valence-corrected chi connectivity index (χ0v) is 66.0. The molecule has 7 rings (SSSR count). The second-order valence-corrected chi connectivity index (χ2v) is 32.7. The van der Waals surface area contributed by atoms with Gasteiger partial charge in [0.2, 0.25) is 5.78 Å². The number of cyclic esters (lactones) is 2. The number of fused-ring (bicyclic) bond motifs is 4. The topological polar surface area (TPSA) is 236 Å². The number of ether oxygens (including phenoxy) is 4. The maximum absolute atomic E-state index is 16.1. The predicted octanol–water partition coefficient (Wildman–Crippen LogP) is 11.6. The average molecular weight is 1450 g/mol. The third-order valence-electron chi connectivity index (χ3n) is 22.6. The number of hydrogen-bond acceptors (Lipinski definition) is 19. The Morgan fingerprint density at radius 2 is 1.19 bits per heavy atom. The number of carbonyl (C=O) groups excluding carboxylic acids is 10. The number of aryl methyl sites for hydroxylation is 1. The van der Waals surface area contributed by atoms with Crippen LogP contribution in [0.2, 0.25) is 0 Å². The van der Waals surface area contributed by atoms with Crippen molar-refractivity contribution in [2.45, 2.75) is 244 Å². The molecule has 2 saturated heterocycles. The van der Waals surface area contributed by atoms with Crippen LogP contribution in [0, 0.1) is 11.3 Å². The van der Waals surface area contributed by atoms with Crippen LogP contribution in [0.1, 0.15) is 201 Å². The lowest BCUT2D eigenvalue weighted by Gasteiger charge is -2.48. The van der Waals surface area contributed by atoms with Gasteiger partial charge in [0, 0.05) is 38.4 Å². The highest BCUT2D eigenvalue weighted by molar-refractivity contribution is 6.38. The summed E-state index contributed by atoms with van der Waals surface area (Å²) >= 11 is 0. The summed E-state index contributed by atoms with van der Waals surface area (Å²) in [5.74, 6) is -3.40. The van der Waals surface area contributed by atoms with Crippen LogP contribution in [0.5, 0.6) is 11.5 Å². The van der Waals surface area contributed by atoms with E-state index >= 15 is 19.2 Å². The van der Waals surface area contributed by atoms with Gasteiger partial charge in [-0.3, -0.25) is 63.3 Å². The maximum Gasteiger partial charge on any atom is 0.330 e. The van der Waals surface area contributed by atoms with Crippen LogP contribution < -0.4 is 14.8 Å². The molecule has 3 heterocycles. The highest BCUT2D eigenvalue weighted by atomic mass is 16.5. The van der Waals surface area contributed by atoms with Crippen molar-refractivity contribution in [1.29, 1.82) is 0 Å². The van der Waals surface area contributed by atoms with Gasteiger partial charge in [-0.25, -0.2) is 9.59 Å². The molecular weight excluding hydrogens is 1330 g/mol. The monoisotopic (exact) mass is 1450 g/mol. The van der Waals surface area contributed by atoms with Crippen molar-refractivity contribution in [1.82, 2.24) is 29.8 Å². The van der Waals surface area contributed by atoms with Crippen molar-refractivity contribution >= 4 is 58.3 Å². The molecule has 20 heteroatoms. The van der Waals surface area contributed by atoms with E-state index in [0.29, 0.717) is 86.2 Å². The van der Waals surface area contributed by atoms with E-state index < -0.39 is 99.7 Å². The Hall–Kier alpha value is -7.88. The molecule has 0 radical (unpaired) electrons. The van der Waals surface area contributed by atoms with Crippen LogP contribution >= 0.6 is 0 Å². The Labute approximate surface area is 624 Å². The Morgan fingerprint density at radius 3 is 1.84 bits per heavy atom. The first kappa shape index (κ1) is 84.4. The summed E-state index contributed by atoms with van der Waals surface area (Å²) in [7, 11) is 8.54. The number of rotatable bonds is 10. The molecule has 3 aliphatic heterocycles. The molecule has 6 atom stereocenters. The number of hydrogen-bond donors (Lipinski definition) is 1. The number of nitrogens with one attached hydrogen (secondary N) is 1. The van der Waals surface area contributed by atoms with Gasteiger partial charge in [0.15, 0.2) is 40.4 Å². The van der Waals surface area contributed by atoms with Crippen molar-refractivity contribution in [3.05, 3.63) is 143 Å². The van der Waals surface area contributed by atoms with Crippen LogP contribution in [0.4, 0.5) is 0 Å². The number of carbonyl (C=O) groups is 10. The molecule has 572 valence electrons. The first-order valence-corrected chi connectivity index (χ1v) is 37.4. The molecule has 0 spiro atoms. The molecule has 20 nitrogen and oxygen atoms in total. The summed E-state index contributed by atoms with van der Waals surface area (Å²) in [5.41, 5.74) is -4.31. The summed E-state index contributed by atoms with van der Waals surface area (Å²) in [6.07, 6.45) is 5.74. The van der Waals surface area contributed by atoms with Gasteiger partial charge in [0.05, 0.1) is 71.5 Å². The van der Waals surface area contributed by atoms with Crippen LogP contribution in [-0.2, 0) is 76.7 Å². The highest BCUT2D eigenvalue weighted by Crippen LogP contribution is 2.39. The molecule has 2 unspecified atom stereocenters. The molecular formula is C85H118N6O14. The fourth-order valence-corrected chi connectivity index (χ4v) is 14.8. The number of ketones is 7. The van der Waals surface area contributed by atoms with Crippen LogP contribution in [0.15, 0.2) is 115 Å². The number of Topliss-reactive ketones (excluding diaryl/α,β-unsaturated/α-hetero) is 7. The molecule has 0 aromatic heterocycles. The molecule has 0 aliphatic carbocycles. The predicted molar refractivity (Wildman–Crippen MR) is 407 cm³/mol. The van der Waals surface area contributed by atoms with Crippen molar-refractivity contribution < 1.29 is 66.9 Å². The Bertz CT molecular complexity index is 3780. The zero-order chi connectivity index (χ0) is 77.7. The van der Waals surface area contributed by atoms with Gasteiger partial charge in [0.1, 0.15) is 24.5 Å². The number of methoxy groups -OCH3 is 2. The van der Waals surface area contributed by atoms with E-state index in [9.17, 15) is 28.8 Å². The minimum Gasteiger partial charge on any atom is -0.493 e. The first-order valence-electron chi connectivity index (χ1n) is 37.4. The fraction of sp³-hybridized carbons (Fsp3) is 0.576. The normalized spacial score (nSPS) is 25.4. The summed E-state index contributed by atoms with van der Waals surface area (Å²) in [5, 5.41) is 3.44. The molecule has 3 aliphatic rings. The maximum atomic E-state index is 16.1. The van der Waals surface area contributed by atoms with E-state index in [1.165, 1.54) is 31.9 Å². The molecule has 1 N–H and O–H groups in total. The minimum atomic E-state index is -1.50. The zero-order valence-electron chi connectivity index (χ0n) is 66.0. The van der Waals surface area contributed by atoms with Gasteiger partial charge in [-0.1, -0.05) is 111 Å². The Kier molecular flexibility index (Phi) is 28.7. The van der Waals surface area contributed by atoms with E-state index in [0.717, 1.165) is 11.1 Å². The summed E-state index contributed by atoms with van der Waals surface area (Å²) in [4.78, 5) is 157. The number of nitrogens with zero attached hydrogens (tertiary/aromatic N) is 5. The van der Waals surface area contributed by atoms with Gasteiger partial charge >= 0.3 is 11.9 Å². The molecule has 2 bridgehead atoms. The Morgan fingerprint density at radius 1 is 0.581 bits per heavy atom. The molecule has 105 heavy (non-hydrogen) atoms. The van der Waals surface area contributed by atoms with Crippen molar-refractivity contribution in [3.63, 3.8) is 0 Å². The summed E-state index contributed by atoms with van der Waals surface area (Å²) in [6.45, 7) is 25.7. The van der Waals surface area contributed by atoms with Gasteiger partial charge < -0.3 is 23.8 Å². The second-order valence-electron chi connectivity index (χ2n) is 32.7. The van der Waals surface area contributed by atoms with Gasteiger partial charge in [-0.05, 0) is 221 Å². The van der Waals surface area contributed by atoms with E-state index in [2.05, 4.69) is 5.32 Å². The lowest BCUT2D eigenvalue weighted by molar-refractivity contribution is -0.165.